The molecule has 0 radical (unpaired) electrons. The Morgan fingerprint density at radius 3 is 2.03 bits per heavy atom. The Morgan fingerprint density at radius 2 is 1.42 bits per heavy atom. The lowest BCUT2D eigenvalue weighted by Gasteiger charge is -2.14. The molecule has 1 heterocycles. The highest BCUT2D eigenvalue weighted by Gasteiger charge is 2.18. The van der Waals surface area contributed by atoms with E-state index in [9.17, 15) is 9.59 Å². The fourth-order valence-corrected chi connectivity index (χ4v) is 3.17. The largest absolute Gasteiger partial charge is 0.489 e. The zero-order chi connectivity index (χ0) is 21.6. The van der Waals surface area contributed by atoms with E-state index in [0.29, 0.717) is 23.3 Å². The minimum Gasteiger partial charge on any atom is -0.489 e. The molecule has 0 fully saturated rings. The lowest BCUT2D eigenvalue weighted by molar-refractivity contribution is -0.132. The van der Waals surface area contributed by atoms with Gasteiger partial charge >= 0.3 is 5.97 Å². The average molecular weight is 415 g/mol. The lowest BCUT2D eigenvalue weighted by atomic mass is 10.1. The summed E-state index contributed by atoms with van der Waals surface area (Å²) in [7, 11) is 0. The minimum atomic E-state index is -0.600. The Labute approximate surface area is 179 Å². The van der Waals surface area contributed by atoms with Gasteiger partial charge in [-0.25, -0.2) is 0 Å². The molecule has 0 bridgehead atoms. The smallest absolute Gasteiger partial charge is 0.308 e. The van der Waals surface area contributed by atoms with Crippen LogP contribution in [0, 0.1) is 0 Å². The Hall–Kier alpha value is -4.06. The number of carbonyl (C=O) groups excluding carboxylic acids is 1. The summed E-state index contributed by atoms with van der Waals surface area (Å²) in [5, 5.41) is 0.610. The van der Waals surface area contributed by atoms with Crippen LogP contribution in [0.25, 0.3) is 10.9 Å². The first-order valence-electron chi connectivity index (χ1n) is 9.82. The van der Waals surface area contributed by atoms with Gasteiger partial charge in [-0.2, -0.15) is 0 Å². The second-order valence-corrected chi connectivity index (χ2v) is 6.96. The maximum atomic E-state index is 12.6. The van der Waals surface area contributed by atoms with Gasteiger partial charge in [0.05, 0.1) is 5.52 Å². The van der Waals surface area contributed by atoms with Crippen molar-refractivity contribution >= 4 is 16.9 Å². The molecule has 6 heteroatoms. The first-order valence-corrected chi connectivity index (χ1v) is 9.82. The van der Waals surface area contributed by atoms with E-state index in [-0.39, 0.29) is 18.1 Å². The number of benzene rings is 3. The van der Waals surface area contributed by atoms with Crippen LogP contribution in [-0.2, 0) is 18.0 Å². The summed E-state index contributed by atoms with van der Waals surface area (Å²) >= 11 is 0. The van der Waals surface area contributed by atoms with Gasteiger partial charge in [0, 0.05) is 18.4 Å². The Morgan fingerprint density at radius 1 is 0.806 bits per heavy atom. The van der Waals surface area contributed by atoms with Gasteiger partial charge in [0.25, 0.3) is 5.56 Å². The van der Waals surface area contributed by atoms with Gasteiger partial charge in [0.2, 0.25) is 5.75 Å². The molecule has 0 unspecified atom stereocenters. The second-order valence-electron chi connectivity index (χ2n) is 6.96. The molecule has 1 aromatic heterocycles. The normalized spacial score (nSPS) is 10.6. The molecule has 31 heavy (non-hydrogen) atoms. The first kappa shape index (κ1) is 20.2. The number of hydrogen-bond acceptors (Lipinski definition) is 5. The third-order valence-corrected chi connectivity index (χ3v) is 4.62. The van der Waals surface area contributed by atoms with Gasteiger partial charge in [-0.05, 0) is 23.3 Å². The molecule has 0 spiro atoms. The predicted octanol–water partition coefficient (Wildman–Crippen LogP) is 4.61. The average Bonchev–Trinajstić information content (AvgIpc) is 2.78. The third kappa shape index (κ3) is 4.93. The van der Waals surface area contributed by atoms with E-state index >= 15 is 0 Å². The number of aromatic amines is 1. The molecule has 1 N–H and O–H groups in total. The van der Waals surface area contributed by atoms with Crippen LogP contribution in [0.4, 0.5) is 0 Å². The zero-order valence-electron chi connectivity index (χ0n) is 17.0. The van der Waals surface area contributed by atoms with Crippen LogP contribution in [0.5, 0.6) is 17.2 Å². The van der Waals surface area contributed by atoms with Gasteiger partial charge in [0.1, 0.15) is 19.0 Å². The number of rotatable bonds is 7. The highest BCUT2D eigenvalue weighted by atomic mass is 16.6. The molecular weight excluding hydrogens is 394 g/mol. The molecule has 4 aromatic rings. The van der Waals surface area contributed by atoms with Gasteiger partial charge in [-0.3, -0.25) is 9.59 Å². The van der Waals surface area contributed by atoms with E-state index in [1.165, 1.54) is 6.92 Å². The van der Waals surface area contributed by atoms with Crippen LogP contribution < -0.4 is 19.8 Å². The van der Waals surface area contributed by atoms with E-state index in [1.54, 1.807) is 18.2 Å². The van der Waals surface area contributed by atoms with E-state index in [2.05, 4.69) is 4.98 Å². The molecule has 0 saturated carbocycles. The molecule has 0 atom stereocenters. The maximum absolute atomic E-state index is 12.6. The number of pyridine rings is 1. The highest BCUT2D eigenvalue weighted by Crippen LogP contribution is 2.34. The molecule has 3 aromatic carbocycles. The summed E-state index contributed by atoms with van der Waals surface area (Å²) < 4.78 is 17.0. The van der Waals surface area contributed by atoms with Crippen molar-refractivity contribution in [2.45, 2.75) is 20.1 Å². The van der Waals surface area contributed by atoms with E-state index in [0.717, 1.165) is 11.1 Å². The van der Waals surface area contributed by atoms with Crippen LogP contribution in [0.2, 0.25) is 0 Å². The number of fused-ring (bicyclic) bond motifs is 1. The molecular formula is C25H21NO5. The van der Waals surface area contributed by atoms with Gasteiger partial charge in [-0.1, -0.05) is 60.7 Å². The number of carbonyl (C=O) groups is 1. The van der Waals surface area contributed by atoms with Crippen molar-refractivity contribution in [3.8, 4) is 17.2 Å². The fourth-order valence-electron chi connectivity index (χ4n) is 3.17. The molecule has 0 aliphatic heterocycles. The standard InChI is InChI=1S/C25H21NO5/c1-17(27)31-24-23(30-16-19-10-6-3-7-11-19)21-13-12-20(14-22(21)26-25(24)28)29-15-18-8-4-2-5-9-18/h2-14H,15-16H2,1H3,(H,26,28). The minimum absolute atomic E-state index is 0.158. The number of H-pyrrole nitrogens is 1. The maximum Gasteiger partial charge on any atom is 0.308 e. The molecule has 6 nitrogen and oxygen atoms in total. The molecule has 0 amide bonds. The number of ether oxygens (including phenoxy) is 3. The molecule has 0 aliphatic rings. The van der Waals surface area contributed by atoms with Gasteiger partial charge in [0.15, 0.2) is 5.75 Å². The third-order valence-electron chi connectivity index (χ3n) is 4.62. The van der Waals surface area contributed by atoms with E-state index in [1.807, 2.05) is 60.7 Å². The van der Waals surface area contributed by atoms with Crippen LogP contribution in [0.15, 0.2) is 83.7 Å². The van der Waals surface area contributed by atoms with Crippen molar-refractivity contribution in [1.29, 1.82) is 0 Å². The van der Waals surface area contributed by atoms with Crippen molar-refractivity contribution in [2.24, 2.45) is 0 Å². The molecule has 4 rings (SSSR count). The fraction of sp³-hybridized carbons (Fsp3) is 0.120. The predicted molar refractivity (Wildman–Crippen MR) is 117 cm³/mol. The first-order chi connectivity index (χ1) is 15.1. The summed E-state index contributed by atoms with van der Waals surface area (Å²) in [5.41, 5.74) is 1.93. The van der Waals surface area contributed by atoms with Crippen LogP contribution in [-0.4, -0.2) is 11.0 Å². The highest BCUT2D eigenvalue weighted by molar-refractivity contribution is 5.89. The van der Waals surface area contributed by atoms with Gasteiger partial charge in [-0.15, -0.1) is 0 Å². The Balaban J connectivity index is 1.67. The lowest BCUT2D eigenvalue weighted by Crippen LogP contribution is -2.16. The van der Waals surface area contributed by atoms with Crippen molar-refractivity contribution < 1.29 is 19.0 Å². The van der Waals surface area contributed by atoms with Crippen molar-refractivity contribution in [3.63, 3.8) is 0 Å². The van der Waals surface area contributed by atoms with Crippen molar-refractivity contribution in [1.82, 2.24) is 4.98 Å². The van der Waals surface area contributed by atoms with Crippen molar-refractivity contribution in [3.05, 3.63) is 100 Å². The summed E-state index contributed by atoms with van der Waals surface area (Å²) in [6.45, 7) is 1.87. The zero-order valence-corrected chi connectivity index (χ0v) is 17.0. The Bertz CT molecular complexity index is 1250. The quantitative estimate of drug-likeness (QED) is 0.446. The van der Waals surface area contributed by atoms with Crippen molar-refractivity contribution in [2.75, 3.05) is 0 Å². The van der Waals surface area contributed by atoms with Crippen LogP contribution >= 0.6 is 0 Å². The molecule has 0 saturated heterocycles. The summed E-state index contributed by atoms with van der Waals surface area (Å²) in [6, 6.07) is 24.6. The van der Waals surface area contributed by atoms with Crippen LogP contribution in [0.1, 0.15) is 18.1 Å². The summed E-state index contributed by atoms with van der Waals surface area (Å²) in [4.78, 5) is 26.9. The number of aromatic nitrogens is 1. The Kier molecular flexibility index (Phi) is 5.98. The number of nitrogens with one attached hydrogen (secondary N) is 1. The van der Waals surface area contributed by atoms with Gasteiger partial charge < -0.3 is 19.2 Å². The number of esters is 1. The summed E-state index contributed by atoms with van der Waals surface area (Å²) in [5.74, 6) is 0.0553. The van der Waals surface area contributed by atoms with E-state index < -0.39 is 11.5 Å². The summed E-state index contributed by atoms with van der Waals surface area (Å²) in [6.07, 6.45) is 0. The molecule has 0 aliphatic carbocycles. The van der Waals surface area contributed by atoms with Crippen LogP contribution in [0.3, 0.4) is 0 Å². The SMILES string of the molecule is CC(=O)Oc1c(OCc2ccccc2)c2ccc(OCc3ccccc3)cc2[nH]c1=O. The van der Waals surface area contributed by atoms with E-state index in [4.69, 9.17) is 14.2 Å². The second kappa shape index (κ2) is 9.17. The molecule has 156 valence electrons. The topological polar surface area (TPSA) is 77.6 Å². The number of hydrogen-bond donors (Lipinski definition) is 1. The monoisotopic (exact) mass is 415 g/mol.